The summed E-state index contributed by atoms with van der Waals surface area (Å²) < 4.78 is 11.1. The molecule has 0 aromatic heterocycles. The average molecular weight is 416 g/mol. The molecule has 6 heteroatoms. The standard InChI is InChI=1S/C23H26ClNO4/c1-15-12-19(24)13-18-6-4-10-25(23(15)18)22(27)7-5-11-29-20-9-8-17(16(2)26)14-21(20)28-3/h8-9,12-14H,4-7,10-11H2,1-3H3. The van der Waals surface area contributed by atoms with Crippen LogP contribution in [0.5, 0.6) is 11.5 Å². The zero-order valence-corrected chi connectivity index (χ0v) is 17.8. The van der Waals surface area contributed by atoms with Gasteiger partial charge in [0.25, 0.3) is 0 Å². The summed E-state index contributed by atoms with van der Waals surface area (Å²) >= 11 is 6.17. The Morgan fingerprint density at radius 2 is 1.97 bits per heavy atom. The number of ketones is 1. The van der Waals surface area contributed by atoms with Crippen LogP contribution in [0.4, 0.5) is 5.69 Å². The Morgan fingerprint density at radius 1 is 1.17 bits per heavy atom. The molecular formula is C23H26ClNO4. The van der Waals surface area contributed by atoms with Gasteiger partial charge in [-0.25, -0.2) is 0 Å². The van der Waals surface area contributed by atoms with Crippen molar-refractivity contribution in [2.24, 2.45) is 0 Å². The highest BCUT2D eigenvalue weighted by Crippen LogP contribution is 2.34. The summed E-state index contributed by atoms with van der Waals surface area (Å²) in [4.78, 5) is 26.2. The minimum atomic E-state index is -0.0289. The number of methoxy groups -OCH3 is 1. The van der Waals surface area contributed by atoms with Gasteiger partial charge in [0.15, 0.2) is 17.3 Å². The zero-order chi connectivity index (χ0) is 21.0. The molecule has 29 heavy (non-hydrogen) atoms. The van der Waals surface area contributed by atoms with Gasteiger partial charge in [0.05, 0.1) is 13.7 Å². The molecule has 0 saturated heterocycles. The summed E-state index contributed by atoms with van der Waals surface area (Å²) in [5.74, 6) is 1.15. The van der Waals surface area contributed by atoms with E-state index in [4.69, 9.17) is 21.1 Å². The van der Waals surface area contributed by atoms with Crippen LogP contribution in [-0.4, -0.2) is 32.0 Å². The smallest absolute Gasteiger partial charge is 0.227 e. The monoisotopic (exact) mass is 415 g/mol. The SMILES string of the molecule is COc1cc(C(C)=O)ccc1OCCCC(=O)N1CCCc2cc(Cl)cc(C)c21. The van der Waals surface area contributed by atoms with E-state index in [1.165, 1.54) is 14.0 Å². The summed E-state index contributed by atoms with van der Waals surface area (Å²) in [5, 5.41) is 0.716. The van der Waals surface area contributed by atoms with Crippen molar-refractivity contribution in [1.82, 2.24) is 0 Å². The number of hydrogen-bond donors (Lipinski definition) is 0. The Balaban J connectivity index is 1.59. The van der Waals surface area contributed by atoms with Crippen LogP contribution in [0.1, 0.15) is 47.7 Å². The minimum Gasteiger partial charge on any atom is -0.493 e. The van der Waals surface area contributed by atoms with Crippen LogP contribution in [0.25, 0.3) is 0 Å². The second-order valence-corrected chi connectivity index (χ2v) is 7.69. The maximum atomic E-state index is 12.8. The molecule has 0 unspecified atom stereocenters. The molecule has 1 heterocycles. The van der Waals surface area contributed by atoms with Crippen LogP contribution in [-0.2, 0) is 11.2 Å². The lowest BCUT2D eigenvalue weighted by Gasteiger charge is -2.31. The van der Waals surface area contributed by atoms with Crippen molar-refractivity contribution < 1.29 is 19.1 Å². The molecule has 1 amide bonds. The number of nitrogens with zero attached hydrogens (tertiary/aromatic N) is 1. The Bertz CT molecular complexity index is 925. The van der Waals surface area contributed by atoms with Gasteiger partial charge in [-0.05, 0) is 74.6 Å². The second kappa shape index (κ2) is 9.31. The third kappa shape index (κ3) is 4.91. The van der Waals surface area contributed by atoms with E-state index in [0.29, 0.717) is 41.5 Å². The van der Waals surface area contributed by atoms with Crippen molar-refractivity contribution in [3.05, 3.63) is 52.0 Å². The summed E-state index contributed by atoms with van der Waals surface area (Å²) in [7, 11) is 1.54. The number of carbonyl (C=O) groups is 2. The summed E-state index contributed by atoms with van der Waals surface area (Å²) in [6.45, 7) is 4.63. The fraction of sp³-hybridized carbons (Fsp3) is 0.391. The van der Waals surface area contributed by atoms with Crippen LogP contribution in [0.15, 0.2) is 30.3 Å². The van der Waals surface area contributed by atoms with E-state index in [2.05, 4.69) is 0 Å². The van der Waals surface area contributed by atoms with E-state index in [1.54, 1.807) is 18.2 Å². The molecule has 2 aromatic carbocycles. The Hall–Kier alpha value is -2.53. The fourth-order valence-electron chi connectivity index (χ4n) is 3.72. The number of aryl methyl sites for hydroxylation is 2. The molecule has 0 atom stereocenters. The molecule has 154 valence electrons. The Labute approximate surface area is 176 Å². The molecule has 2 aromatic rings. The first-order valence-corrected chi connectivity index (χ1v) is 10.2. The van der Waals surface area contributed by atoms with Gasteiger partial charge in [0.2, 0.25) is 5.91 Å². The highest BCUT2D eigenvalue weighted by atomic mass is 35.5. The number of ether oxygens (including phenoxy) is 2. The van der Waals surface area contributed by atoms with Crippen molar-refractivity contribution in [1.29, 1.82) is 0 Å². The Morgan fingerprint density at radius 3 is 2.69 bits per heavy atom. The Kier molecular flexibility index (Phi) is 6.80. The fourth-order valence-corrected chi connectivity index (χ4v) is 4.01. The molecule has 3 rings (SSSR count). The van der Waals surface area contributed by atoms with Gasteiger partial charge >= 0.3 is 0 Å². The first-order valence-electron chi connectivity index (χ1n) is 9.82. The number of halogens is 1. The van der Waals surface area contributed by atoms with Gasteiger partial charge in [-0.2, -0.15) is 0 Å². The minimum absolute atomic E-state index is 0.0289. The molecule has 0 radical (unpaired) electrons. The van der Waals surface area contributed by atoms with Gasteiger partial charge < -0.3 is 14.4 Å². The molecule has 0 fully saturated rings. The topological polar surface area (TPSA) is 55.8 Å². The van der Waals surface area contributed by atoms with E-state index < -0.39 is 0 Å². The van der Waals surface area contributed by atoms with Crippen LogP contribution in [0.3, 0.4) is 0 Å². The molecule has 1 aliphatic rings. The van der Waals surface area contributed by atoms with Crippen LogP contribution < -0.4 is 14.4 Å². The average Bonchev–Trinajstić information content (AvgIpc) is 2.70. The highest BCUT2D eigenvalue weighted by molar-refractivity contribution is 6.30. The van der Waals surface area contributed by atoms with E-state index in [-0.39, 0.29) is 11.7 Å². The number of fused-ring (bicyclic) bond motifs is 1. The predicted octanol–water partition coefficient (Wildman–Crippen LogP) is 5.00. The normalized spacial score (nSPS) is 13.0. The number of amides is 1. The van der Waals surface area contributed by atoms with Gasteiger partial charge in [0, 0.05) is 29.2 Å². The second-order valence-electron chi connectivity index (χ2n) is 7.25. The third-order valence-corrected chi connectivity index (χ3v) is 5.32. The number of hydrogen-bond acceptors (Lipinski definition) is 4. The number of anilines is 1. The van der Waals surface area contributed by atoms with Crippen LogP contribution >= 0.6 is 11.6 Å². The van der Waals surface area contributed by atoms with Crippen molar-refractivity contribution in [3.8, 4) is 11.5 Å². The van der Waals surface area contributed by atoms with E-state index in [1.807, 2.05) is 24.0 Å². The molecule has 1 aliphatic heterocycles. The predicted molar refractivity (Wildman–Crippen MR) is 115 cm³/mol. The lowest BCUT2D eigenvalue weighted by atomic mass is 9.97. The number of Topliss-reactive ketones (excluding diaryl/α,β-unsaturated/α-hetero) is 1. The molecule has 0 saturated carbocycles. The van der Waals surface area contributed by atoms with E-state index in [0.717, 1.165) is 36.2 Å². The lowest BCUT2D eigenvalue weighted by Crippen LogP contribution is -2.36. The van der Waals surface area contributed by atoms with Gasteiger partial charge in [-0.3, -0.25) is 9.59 Å². The quantitative estimate of drug-likeness (QED) is 0.471. The molecular weight excluding hydrogens is 390 g/mol. The maximum absolute atomic E-state index is 12.8. The van der Waals surface area contributed by atoms with E-state index in [9.17, 15) is 9.59 Å². The van der Waals surface area contributed by atoms with E-state index >= 15 is 0 Å². The molecule has 0 aliphatic carbocycles. The summed E-state index contributed by atoms with van der Waals surface area (Å²) in [6, 6.07) is 8.98. The third-order valence-electron chi connectivity index (χ3n) is 5.11. The van der Waals surface area contributed by atoms with Crippen molar-refractivity contribution >= 4 is 29.0 Å². The molecule has 5 nitrogen and oxygen atoms in total. The van der Waals surface area contributed by atoms with Crippen molar-refractivity contribution in [2.75, 3.05) is 25.2 Å². The largest absolute Gasteiger partial charge is 0.493 e. The van der Waals surface area contributed by atoms with Gasteiger partial charge in [0.1, 0.15) is 0 Å². The highest BCUT2D eigenvalue weighted by Gasteiger charge is 2.24. The van der Waals surface area contributed by atoms with Crippen LogP contribution in [0, 0.1) is 6.92 Å². The molecule has 0 N–H and O–H groups in total. The maximum Gasteiger partial charge on any atom is 0.227 e. The first kappa shape index (κ1) is 21.2. The number of rotatable bonds is 7. The van der Waals surface area contributed by atoms with Crippen LogP contribution in [0.2, 0.25) is 5.02 Å². The molecule has 0 bridgehead atoms. The van der Waals surface area contributed by atoms with Crippen molar-refractivity contribution in [2.45, 2.75) is 39.5 Å². The molecule has 0 spiro atoms. The first-order chi connectivity index (χ1) is 13.9. The number of carbonyl (C=O) groups excluding carboxylic acids is 2. The van der Waals surface area contributed by atoms with Gasteiger partial charge in [-0.15, -0.1) is 0 Å². The van der Waals surface area contributed by atoms with Crippen molar-refractivity contribution in [3.63, 3.8) is 0 Å². The summed E-state index contributed by atoms with van der Waals surface area (Å²) in [6.07, 6.45) is 2.87. The lowest BCUT2D eigenvalue weighted by molar-refractivity contribution is -0.118. The van der Waals surface area contributed by atoms with Gasteiger partial charge in [-0.1, -0.05) is 11.6 Å². The number of benzene rings is 2. The summed E-state index contributed by atoms with van der Waals surface area (Å²) in [5.41, 5.74) is 3.75. The zero-order valence-electron chi connectivity index (χ0n) is 17.1.